The fourth-order valence-electron chi connectivity index (χ4n) is 2.97. The molecule has 0 atom stereocenters. The topological polar surface area (TPSA) is 59.8 Å². The number of halogens is 1. The first-order chi connectivity index (χ1) is 14.6. The SMILES string of the molecule is Cc1c(Cl)cccc1NC(=O)CSc1nnc(Cc2cccs2)n1-c1ccccc1. The van der Waals surface area contributed by atoms with Gasteiger partial charge in [-0.25, -0.2) is 0 Å². The number of thiophene rings is 1. The second-order valence-corrected chi connectivity index (χ2v) is 8.96. The summed E-state index contributed by atoms with van der Waals surface area (Å²) in [6.07, 6.45) is 0.689. The Bertz CT molecular complexity index is 1140. The Morgan fingerprint density at radius 1 is 1.10 bits per heavy atom. The van der Waals surface area contributed by atoms with E-state index in [0.717, 1.165) is 22.8 Å². The number of carbonyl (C=O) groups excluding carboxylic acids is 1. The van der Waals surface area contributed by atoms with Gasteiger partial charge in [-0.05, 0) is 48.2 Å². The summed E-state index contributed by atoms with van der Waals surface area (Å²) >= 11 is 9.19. The van der Waals surface area contributed by atoms with Crippen LogP contribution in [-0.4, -0.2) is 26.4 Å². The Morgan fingerprint density at radius 2 is 1.93 bits per heavy atom. The van der Waals surface area contributed by atoms with E-state index < -0.39 is 0 Å². The van der Waals surface area contributed by atoms with Gasteiger partial charge in [0.1, 0.15) is 5.82 Å². The van der Waals surface area contributed by atoms with E-state index in [1.165, 1.54) is 16.6 Å². The van der Waals surface area contributed by atoms with Crippen molar-refractivity contribution in [3.63, 3.8) is 0 Å². The molecule has 0 aliphatic rings. The number of thioether (sulfide) groups is 1. The summed E-state index contributed by atoms with van der Waals surface area (Å²) in [5.41, 5.74) is 2.54. The Morgan fingerprint density at radius 3 is 2.70 bits per heavy atom. The van der Waals surface area contributed by atoms with Crippen LogP contribution in [0.4, 0.5) is 5.69 Å². The number of hydrogen-bond acceptors (Lipinski definition) is 5. The molecule has 0 fully saturated rings. The van der Waals surface area contributed by atoms with Gasteiger partial charge < -0.3 is 5.32 Å². The molecule has 4 rings (SSSR count). The van der Waals surface area contributed by atoms with Crippen molar-refractivity contribution in [1.29, 1.82) is 0 Å². The molecule has 0 unspecified atom stereocenters. The van der Waals surface area contributed by atoms with Crippen LogP contribution < -0.4 is 5.32 Å². The van der Waals surface area contributed by atoms with E-state index in [-0.39, 0.29) is 11.7 Å². The number of rotatable bonds is 7. The highest BCUT2D eigenvalue weighted by atomic mass is 35.5. The minimum Gasteiger partial charge on any atom is -0.325 e. The number of nitrogens with one attached hydrogen (secondary N) is 1. The van der Waals surface area contributed by atoms with E-state index in [0.29, 0.717) is 16.6 Å². The molecule has 2 aromatic heterocycles. The zero-order valence-electron chi connectivity index (χ0n) is 16.2. The second-order valence-electron chi connectivity index (χ2n) is 6.58. The van der Waals surface area contributed by atoms with E-state index >= 15 is 0 Å². The van der Waals surface area contributed by atoms with E-state index in [4.69, 9.17) is 11.6 Å². The molecule has 0 bridgehead atoms. The third-order valence-electron chi connectivity index (χ3n) is 4.50. The number of benzene rings is 2. The van der Waals surface area contributed by atoms with Gasteiger partial charge in [-0.1, -0.05) is 53.7 Å². The van der Waals surface area contributed by atoms with Crippen LogP contribution in [0.5, 0.6) is 0 Å². The lowest BCUT2D eigenvalue weighted by molar-refractivity contribution is -0.113. The third kappa shape index (κ3) is 4.75. The van der Waals surface area contributed by atoms with E-state index in [1.54, 1.807) is 17.4 Å². The minimum atomic E-state index is -0.118. The maximum absolute atomic E-state index is 12.5. The smallest absolute Gasteiger partial charge is 0.234 e. The molecule has 1 N–H and O–H groups in total. The van der Waals surface area contributed by atoms with Crippen molar-refractivity contribution in [1.82, 2.24) is 14.8 Å². The third-order valence-corrected chi connectivity index (χ3v) is 6.72. The standard InChI is InChI=1S/C22H19ClN4OS2/c1-15-18(23)10-5-11-19(15)24-21(28)14-30-22-26-25-20(13-17-9-6-12-29-17)27(22)16-7-3-2-4-8-16/h2-12H,13-14H2,1H3,(H,24,28). The molecular formula is C22H19ClN4OS2. The zero-order valence-corrected chi connectivity index (χ0v) is 18.6. The van der Waals surface area contributed by atoms with Crippen molar-refractivity contribution >= 4 is 46.3 Å². The first-order valence-electron chi connectivity index (χ1n) is 9.31. The van der Waals surface area contributed by atoms with Gasteiger partial charge in [-0.2, -0.15) is 0 Å². The maximum atomic E-state index is 12.5. The molecule has 0 saturated carbocycles. The summed E-state index contributed by atoms with van der Waals surface area (Å²) in [6.45, 7) is 1.88. The normalized spacial score (nSPS) is 10.9. The van der Waals surface area contributed by atoms with Crippen molar-refractivity contribution in [3.05, 3.63) is 87.3 Å². The van der Waals surface area contributed by atoms with Crippen LogP contribution in [0.1, 0.15) is 16.3 Å². The number of para-hydroxylation sites is 1. The lowest BCUT2D eigenvalue weighted by Crippen LogP contribution is -2.15. The Hall–Kier alpha value is -2.61. The summed E-state index contributed by atoms with van der Waals surface area (Å²) in [5, 5.41) is 15.1. The first kappa shape index (κ1) is 20.7. The number of carbonyl (C=O) groups is 1. The Kier molecular flexibility index (Phi) is 6.52. The summed E-state index contributed by atoms with van der Waals surface area (Å²) in [5.74, 6) is 0.945. The molecule has 0 radical (unpaired) electrons. The fourth-order valence-corrected chi connectivity index (χ4v) is 4.62. The second kappa shape index (κ2) is 9.47. The number of aromatic nitrogens is 3. The monoisotopic (exact) mass is 454 g/mol. The summed E-state index contributed by atoms with van der Waals surface area (Å²) in [7, 11) is 0. The van der Waals surface area contributed by atoms with Crippen LogP contribution in [0.15, 0.2) is 71.2 Å². The van der Waals surface area contributed by atoms with Gasteiger partial charge >= 0.3 is 0 Å². The van der Waals surface area contributed by atoms with Gasteiger partial charge in [-0.3, -0.25) is 9.36 Å². The molecule has 30 heavy (non-hydrogen) atoms. The highest BCUT2D eigenvalue weighted by Crippen LogP contribution is 2.26. The molecule has 0 saturated heterocycles. The molecule has 2 aromatic carbocycles. The number of amides is 1. The van der Waals surface area contributed by atoms with Gasteiger partial charge in [0, 0.05) is 27.7 Å². The van der Waals surface area contributed by atoms with Crippen LogP contribution in [0.2, 0.25) is 5.02 Å². The number of hydrogen-bond donors (Lipinski definition) is 1. The van der Waals surface area contributed by atoms with Gasteiger partial charge in [0.05, 0.1) is 5.75 Å². The molecule has 1 amide bonds. The lowest BCUT2D eigenvalue weighted by Gasteiger charge is -2.11. The van der Waals surface area contributed by atoms with Crippen molar-refractivity contribution in [2.24, 2.45) is 0 Å². The van der Waals surface area contributed by atoms with Gasteiger partial charge in [-0.15, -0.1) is 21.5 Å². The van der Waals surface area contributed by atoms with E-state index in [1.807, 2.05) is 60.0 Å². The van der Waals surface area contributed by atoms with Crippen molar-refractivity contribution < 1.29 is 4.79 Å². The molecule has 8 heteroatoms. The van der Waals surface area contributed by atoms with Crippen molar-refractivity contribution in [3.8, 4) is 5.69 Å². The minimum absolute atomic E-state index is 0.118. The Labute approximate surface area is 188 Å². The maximum Gasteiger partial charge on any atom is 0.234 e. The molecule has 0 spiro atoms. The van der Waals surface area contributed by atoms with Crippen LogP contribution in [0.3, 0.4) is 0 Å². The highest BCUT2D eigenvalue weighted by molar-refractivity contribution is 7.99. The molecule has 0 aliphatic carbocycles. The highest BCUT2D eigenvalue weighted by Gasteiger charge is 2.17. The van der Waals surface area contributed by atoms with Crippen LogP contribution >= 0.6 is 34.7 Å². The molecule has 5 nitrogen and oxygen atoms in total. The quantitative estimate of drug-likeness (QED) is 0.368. The van der Waals surface area contributed by atoms with Gasteiger partial charge in [0.2, 0.25) is 5.91 Å². The van der Waals surface area contributed by atoms with Gasteiger partial charge in [0.15, 0.2) is 5.16 Å². The predicted octanol–water partition coefficient (Wildman–Crippen LogP) is 5.61. The zero-order chi connectivity index (χ0) is 20.9. The van der Waals surface area contributed by atoms with Gasteiger partial charge in [0.25, 0.3) is 0 Å². The fraction of sp³-hybridized carbons (Fsp3) is 0.136. The number of nitrogens with zero attached hydrogens (tertiary/aromatic N) is 3. The summed E-state index contributed by atoms with van der Waals surface area (Å²) < 4.78 is 2.02. The average molecular weight is 455 g/mol. The Balaban J connectivity index is 1.53. The predicted molar refractivity (Wildman–Crippen MR) is 124 cm³/mol. The van der Waals surface area contributed by atoms with Crippen LogP contribution in [0, 0.1) is 6.92 Å². The van der Waals surface area contributed by atoms with Crippen molar-refractivity contribution in [2.45, 2.75) is 18.5 Å². The first-order valence-corrected chi connectivity index (χ1v) is 11.6. The molecule has 4 aromatic rings. The van der Waals surface area contributed by atoms with Crippen molar-refractivity contribution in [2.75, 3.05) is 11.1 Å². The average Bonchev–Trinajstić information content (AvgIpc) is 3.41. The number of anilines is 1. The van der Waals surface area contributed by atoms with Crippen LogP contribution in [0.25, 0.3) is 5.69 Å². The van der Waals surface area contributed by atoms with Crippen LogP contribution in [-0.2, 0) is 11.2 Å². The van der Waals surface area contributed by atoms with E-state index in [2.05, 4.69) is 27.0 Å². The summed E-state index contributed by atoms with van der Waals surface area (Å²) in [6, 6.07) is 19.5. The van der Waals surface area contributed by atoms with E-state index in [9.17, 15) is 4.79 Å². The lowest BCUT2D eigenvalue weighted by atomic mass is 10.2. The largest absolute Gasteiger partial charge is 0.325 e. The molecule has 152 valence electrons. The summed E-state index contributed by atoms with van der Waals surface area (Å²) in [4.78, 5) is 13.7. The molecule has 2 heterocycles. The molecule has 0 aliphatic heterocycles. The molecular weight excluding hydrogens is 436 g/mol.